The van der Waals surface area contributed by atoms with Gasteiger partial charge in [-0.15, -0.1) is 0 Å². The van der Waals surface area contributed by atoms with Crippen molar-refractivity contribution in [2.45, 2.75) is 33.1 Å². The number of nitrogens with two attached hydrogens (primary N) is 1. The number of piperazine rings is 1. The molecule has 0 aromatic rings. The van der Waals surface area contributed by atoms with Gasteiger partial charge in [-0.25, -0.2) is 8.42 Å². The minimum atomic E-state index is -3.09. The molecule has 2 N–H and O–H groups in total. The first-order valence-corrected chi connectivity index (χ1v) is 11.1. The highest BCUT2D eigenvalue weighted by atomic mass is 32.2. The number of sulfonamides is 1. The average molecular weight is 361 g/mol. The number of piperidine rings is 1. The quantitative estimate of drug-likeness (QED) is 0.688. The van der Waals surface area contributed by atoms with Crippen LogP contribution in [-0.4, -0.2) is 87.2 Å². The van der Waals surface area contributed by atoms with Gasteiger partial charge in [-0.05, 0) is 57.3 Å². The van der Waals surface area contributed by atoms with Crippen LogP contribution in [0.2, 0.25) is 0 Å². The fourth-order valence-electron chi connectivity index (χ4n) is 3.75. The topological polar surface area (TPSA) is 69.9 Å². The summed E-state index contributed by atoms with van der Waals surface area (Å²) >= 11 is 0. The minimum absolute atomic E-state index is 0.286. The molecule has 2 rings (SSSR count). The van der Waals surface area contributed by atoms with Crippen LogP contribution in [0, 0.1) is 11.8 Å². The first-order valence-electron chi connectivity index (χ1n) is 9.53. The lowest BCUT2D eigenvalue weighted by molar-refractivity contribution is 0.171. The number of hydrogen-bond acceptors (Lipinski definition) is 5. The van der Waals surface area contributed by atoms with Crippen molar-refractivity contribution in [2.75, 3.05) is 64.7 Å². The van der Waals surface area contributed by atoms with E-state index >= 15 is 0 Å². The summed E-state index contributed by atoms with van der Waals surface area (Å²) in [4.78, 5) is 4.76. The molecule has 2 aliphatic heterocycles. The minimum Gasteiger partial charge on any atom is -0.330 e. The Kier molecular flexibility index (Phi) is 7.94. The molecule has 0 amide bonds. The summed E-state index contributed by atoms with van der Waals surface area (Å²) in [7, 11) is -3.09. The van der Waals surface area contributed by atoms with E-state index in [4.69, 9.17) is 5.73 Å². The van der Waals surface area contributed by atoms with Crippen molar-refractivity contribution >= 4 is 10.0 Å². The summed E-state index contributed by atoms with van der Waals surface area (Å²) in [6.45, 7) is 12.3. The summed E-state index contributed by atoms with van der Waals surface area (Å²) in [5.41, 5.74) is 5.72. The van der Waals surface area contributed by atoms with Gasteiger partial charge in [-0.3, -0.25) is 0 Å². The molecule has 0 saturated carbocycles. The number of nitrogens with zero attached hydrogens (tertiary/aromatic N) is 3. The third kappa shape index (κ3) is 6.26. The van der Waals surface area contributed by atoms with Crippen molar-refractivity contribution in [3.8, 4) is 0 Å². The van der Waals surface area contributed by atoms with E-state index in [1.807, 2.05) is 0 Å². The van der Waals surface area contributed by atoms with Crippen LogP contribution in [0.3, 0.4) is 0 Å². The van der Waals surface area contributed by atoms with Crippen molar-refractivity contribution in [3.05, 3.63) is 0 Å². The maximum Gasteiger partial charge on any atom is 0.214 e. The van der Waals surface area contributed by atoms with E-state index in [2.05, 4.69) is 23.6 Å². The van der Waals surface area contributed by atoms with E-state index in [9.17, 15) is 8.42 Å². The smallest absolute Gasteiger partial charge is 0.214 e. The Morgan fingerprint density at radius 3 is 2.17 bits per heavy atom. The van der Waals surface area contributed by atoms with E-state index in [0.717, 1.165) is 65.1 Å². The third-order valence-corrected chi connectivity index (χ3v) is 7.22. The normalized spacial score (nSPS) is 23.2. The molecule has 0 aromatic heterocycles. The van der Waals surface area contributed by atoms with Crippen molar-refractivity contribution in [3.63, 3.8) is 0 Å². The van der Waals surface area contributed by atoms with Crippen molar-refractivity contribution in [2.24, 2.45) is 17.6 Å². The van der Waals surface area contributed by atoms with Crippen molar-refractivity contribution in [1.29, 1.82) is 0 Å². The van der Waals surface area contributed by atoms with Crippen LogP contribution in [-0.2, 0) is 10.0 Å². The van der Waals surface area contributed by atoms with Gasteiger partial charge in [0.25, 0.3) is 0 Å². The molecule has 0 unspecified atom stereocenters. The van der Waals surface area contributed by atoms with E-state index in [-0.39, 0.29) is 5.75 Å². The lowest BCUT2D eigenvalue weighted by Gasteiger charge is -2.35. The van der Waals surface area contributed by atoms with Gasteiger partial charge in [0.1, 0.15) is 0 Å². The Labute approximate surface area is 148 Å². The summed E-state index contributed by atoms with van der Waals surface area (Å²) in [6.07, 6.45) is 3.05. The van der Waals surface area contributed by atoms with Crippen molar-refractivity contribution in [1.82, 2.24) is 14.1 Å². The van der Waals surface area contributed by atoms with Gasteiger partial charge < -0.3 is 15.5 Å². The molecule has 0 aliphatic carbocycles. The van der Waals surface area contributed by atoms with Crippen LogP contribution in [0.1, 0.15) is 33.1 Å². The predicted molar refractivity (Wildman–Crippen MR) is 99.5 cm³/mol. The summed E-state index contributed by atoms with van der Waals surface area (Å²) in [5, 5.41) is 0. The molecule has 24 heavy (non-hydrogen) atoms. The van der Waals surface area contributed by atoms with E-state index in [1.165, 1.54) is 0 Å². The van der Waals surface area contributed by atoms with Gasteiger partial charge in [0.05, 0.1) is 5.75 Å². The Morgan fingerprint density at radius 2 is 1.62 bits per heavy atom. The van der Waals surface area contributed by atoms with Gasteiger partial charge >= 0.3 is 0 Å². The fourth-order valence-corrected chi connectivity index (χ4v) is 5.22. The van der Waals surface area contributed by atoms with Crippen LogP contribution in [0.25, 0.3) is 0 Å². The zero-order chi connectivity index (χ0) is 17.6. The molecule has 142 valence electrons. The van der Waals surface area contributed by atoms with Gasteiger partial charge in [-0.1, -0.05) is 13.8 Å². The zero-order valence-corrected chi connectivity index (χ0v) is 16.3. The second-order valence-electron chi connectivity index (χ2n) is 7.78. The van der Waals surface area contributed by atoms with Gasteiger partial charge in [0, 0.05) is 32.7 Å². The first-order chi connectivity index (χ1) is 11.4. The van der Waals surface area contributed by atoms with Gasteiger partial charge in [-0.2, -0.15) is 4.31 Å². The Balaban J connectivity index is 1.67. The molecule has 2 heterocycles. The highest BCUT2D eigenvalue weighted by molar-refractivity contribution is 7.89. The average Bonchev–Trinajstić information content (AvgIpc) is 2.55. The molecule has 0 atom stereocenters. The maximum atomic E-state index is 12.5. The summed E-state index contributed by atoms with van der Waals surface area (Å²) in [5.74, 6) is 1.58. The lowest BCUT2D eigenvalue weighted by Crippen LogP contribution is -2.50. The molecule has 2 aliphatic rings. The number of rotatable bonds is 8. The number of hydrogen-bond donors (Lipinski definition) is 1. The Morgan fingerprint density at radius 1 is 1.00 bits per heavy atom. The van der Waals surface area contributed by atoms with E-state index < -0.39 is 10.0 Å². The van der Waals surface area contributed by atoms with Crippen molar-refractivity contribution < 1.29 is 8.42 Å². The lowest BCUT2D eigenvalue weighted by atomic mass is 9.97. The first kappa shape index (κ1) is 20.1. The standard InChI is InChI=1S/C17H36N4O2S/c1-16(2)15-20-9-11-21(12-10-20)24(22,23)13-3-6-19-7-4-17(14-18)5-8-19/h16-17H,3-15,18H2,1-2H3. The maximum absolute atomic E-state index is 12.5. The predicted octanol–water partition coefficient (Wildman–Crippen LogP) is 0.651. The third-order valence-electron chi connectivity index (χ3n) is 5.27. The molecule has 7 heteroatoms. The molecule has 2 saturated heterocycles. The molecule has 2 fully saturated rings. The number of likely N-dealkylation sites (tertiary alicyclic amines) is 1. The molecule has 0 aromatic carbocycles. The van der Waals surface area contributed by atoms with E-state index in [1.54, 1.807) is 4.31 Å². The van der Waals surface area contributed by atoms with Gasteiger partial charge in [0.2, 0.25) is 10.0 Å². The van der Waals surface area contributed by atoms with Crippen LogP contribution in [0.4, 0.5) is 0 Å². The van der Waals surface area contributed by atoms with Crippen LogP contribution in [0.15, 0.2) is 0 Å². The largest absolute Gasteiger partial charge is 0.330 e. The second kappa shape index (κ2) is 9.48. The molecule has 0 spiro atoms. The highest BCUT2D eigenvalue weighted by Gasteiger charge is 2.27. The zero-order valence-electron chi connectivity index (χ0n) is 15.5. The monoisotopic (exact) mass is 360 g/mol. The molecule has 0 radical (unpaired) electrons. The molecule has 6 nitrogen and oxygen atoms in total. The summed E-state index contributed by atoms with van der Waals surface area (Å²) < 4.78 is 26.8. The van der Waals surface area contributed by atoms with Gasteiger partial charge in [0.15, 0.2) is 0 Å². The van der Waals surface area contributed by atoms with Crippen LogP contribution in [0.5, 0.6) is 0 Å². The SMILES string of the molecule is CC(C)CN1CCN(S(=O)(=O)CCCN2CCC(CN)CC2)CC1. The second-order valence-corrected chi connectivity index (χ2v) is 9.87. The van der Waals surface area contributed by atoms with Crippen LogP contribution < -0.4 is 5.73 Å². The Hall–Kier alpha value is -0.210. The summed E-state index contributed by atoms with van der Waals surface area (Å²) in [6, 6.07) is 0. The molecule has 0 bridgehead atoms. The molecular weight excluding hydrogens is 324 g/mol. The Bertz CT molecular complexity index is 453. The fraction of sp³-hybridized carbons (Fsp3) is 1.00. The van der Waals surface area contributed by atoms with Crippen LogP contribution >= 0.6 is 0 Å². The highest BCUT2D eigenvalue weighted by Crippen LogP contribution is 2.16. The molecular formula is C17H36N4O2S. The van der Waals surface area contributed by atoms with E-state index in [0.29, 0.717) is 24.9 Å².